The summed E-state index contributed by atoms with van der Waals surface area (Å²) in [5.41, 5.74) is 3.42. The third kappa shape index (κ3) is 3.00. The first-order valence-corrected chi connectivity index (χ1v) is 9.20. The molecule has 1 heterocycles. The first-order chi connectivity index (χ1) is 12.7. The quantitative estimate of drug-likeness (QED) is 0.849. The minimum absolute atomic E-state index is 0.0430. The predicted molar refractivity (Wildman–Crippen MR) is 99.1 cm³/mol. The molecule has 2 aromatic rings. The number of Topliss-reactive ketones (excluding diaryl/α,β-unsaturated/α-hetero) is 1. The molecule has 2 atom stereocenters. The van der Waals surface area contributed by atoms with Crippen LogP contribution in [0.5, 0.6) is 5.75 Å². The number of ether oxygens (including phenoxy) is 1. The molecule has 26 heavy (non-hydrogen) atoms. The molecule has 2 aliphatic rings. The highest BCUT2D eigenvalue weighted by molar-refractivity contribution is 5.90. The van der Waals surface area contributed by atoms with Gasteiger partial charge in [0.1, 0.15) is 11.5 Å². The van der Waals surface area contributed by atoms with Gasteiger partial charge in [0.15, 0.2) is 0 Å². The van der Waals surface area contributed by atoms with Gasteiger partial charge in [-0.1, -0.05) is 36.4 Å². The Labute approximate surface area is 153 Å². The standard InChI is InChI=1S/C22H23NO3/c1-26-17-9-6-15(7-10-17)14-23-19(11-13-21(23)25)22-18-5-3-2-4-16(18)8-12-20(22)24/h2-7,9-10,19,22H,8,11-14H2,1H3. The number of aryl methyl sites for hydroxylation is 1. The van der Waals surface area contributed by atoms with Gasteiger partial charge in [0.05, 0.1) is 13.0 Å². The summed E-state index contributed by atoms with van der Waals surface area (Å²) in [7, 11) is 1.64. The summed E-state index contributed by atoms with van der Waals surface area (Å²) in [5, 5.41) is 0. The Bertz CT molecular complexity index is 828. The number of benzene rings is 2. The third-order valence-electron chi connectivity index (χ3n) is 5.65. The van der Waals surface area contributed by atoms with E-state index in [9.17, 15) is 9.59 Å². The second kappa shape index (κ2) is 6.94. The van der Waals surface area contributed by atoms with Crippen LogP contribution in [0, 0.1) is 0 Å². The number of likely N-dealkylation sites (tertiary alicyclic amines) is 1. The van der Waals surface area contributed by atoms with Gasteiger partial charge in [-0.25, -0.2) is 0 Å². The van der Waals surface area contributed by atoms with E-state index in [1.807, 2.05) is 41.3 Å². The number of amides is 1. The van der Waals surface area contributed by atoms with Gasteiger partial charge in [-0.3, -0.25) is 9.59 Å². The Morgan fingerprint density at radius 1 is 1.00 bits per heavy atom. The maximum atomic E-state index is 12.8. The maximum Gasteiger partial charge on any atom is 0.223 e. The highest BCUT2D eigenvalue weighted by Crippen LogP contribution is 2.38. The SMILES string of the molecule is COc1ccc(CN2C(=O)CCC2C2C(=O)CCc3ccccc32)cc1. The van der Waals surface area contributed by atoms with Gasteiger partial charge in [0.25, 0.3) is 0 Å². The van der Waals surface area contributed by atoms with Crippen molar-refractivity contribution < 1.29 is 14.3 Å². The summed E-state index contributed by atoms with van der Waals surface area (Å²) in [4.78, 5) is 27.3. The fraction of sp³-hybridized carbons (Fsp3) is 0.364. The average molecular weight is 349 g/mol. The van der Waals surface area contributed by atoms with Gasteiger partial charge in [-0.2, -0.15) is 0 Å². The number of nitrogens with zero attached hydrogens (tertiary/aromatic N) is 1. The van der Waals surface area contributed by atoms with E-state index in [1.54, 1.807) is 7.11 Å². The number of rotatable bonds is 4. The van der Waals surface area contributed by atoms with E-state index in [2.05, 4.69) is 12.1 Å². The topological polar surface area (TPSA) is 46.6 Å². The zero-order valence-corrected chi connectivity index (χ0v) is 15.0. The number of carbonyl (C=O) groups excluding carboxylic acids is 2. The van der Waals surface area contributed by atoms with Crippen LogP contribution in [0.15, 0.2) is 48.5 Å². The Hall–Kier alpha value is -2.62. The van der Waals surface area contributed by atoms with Gasteiger partial charge in [-0.05, 0) is 41.7 Å². The summed E-state index contributed by atoms with van der Waals surface area (Å²) in [6.07, 6.45) is 2.65. The number of ketones is 1. The van der Waals surface area contributed by atoms with Crippen LogP contribution in [0.25, 0.3) is 0 Å². The largest absolute Gasteiger partial charge is 0.497 e. The number of carbonyl (C=O) groups is 2. The highest BCUT2D eigenvalue weighted by atomic mass is 16.5. The molecule has 1 saturated heterocycles. The van der Waals surface area contributed by atoms with Crippen molar-refractivity contribution in [3.8, 4) is 5.75 Å². The molecular weight excluding hydrogens is 326 g/mol. The molecule has 1 aliphatic heterocycles. The summed E-state index contributed by atoms with van der Waals surface area (Å²) in [5.74, 6) is 1.02. The van der Waals surface area contributed by atoms with Crippen LogP contribution in [-0.4, -0.2) is 29.7 Å². The second-order valence-corrected chi connectivity index (χ2v) is 7.12. The number of methoxy groups -OCH3 is 1. The zero-order valence-electron chi connectivity index (χ0n) is 15.0. The van der Waals surface area contributed by atoms with E-state index in [1.165, 1.54) is 5.56 Å². The molecule has 1 amide bonds. The van der Waals surface area contributed by atoms with Crippen molar-refractivity contribution in [2.75, 3.05) is 7.11 Å². The lowest BCUT2D eigenvalue weighted by molar-refractivity contribution is -0.131. The Morgan fingerprint density at radius 2 is 1.77 bits per heavy atom. The molecule has 0 saturated carbocycles. The van der Waals surface area contributed by atoms with E-state index < -0.39 is 0 Å². The Morgan fingerprint density at radius 3 is 2.54 bits per heavy atom. The van der Waals surface area contributed by atoms with E-state index in [-0.39, 0.29) is 23.7 Å². The van der Waals surface area contributed by atoms with E-state index in [4.69, 9.17) is 4.74 Å². The van der Waals surface area contributed by atoms with Crippen molar-refractivity contribution in [3.05, 3.63) is 65.2 Å². The van der Waals surface area contributed by atoms with Crippen molar-refractivity contribution >= 4 is 11.7 Å². The zero-order chi connectivity index (χ0) is 18.1. The van der Waals surface area contributed by atoms with Crippen molar-refractivity contribution in [2.45, 2.75) is 44.2 Å². The van der Waals surface area contributed by atoms with Gasteiger partial charge in [-0.15, -0.1) is 0 Å². The van der Waals surface area contributed by atoms with Crippen molar-refractivity contribution in [3.63, 3.8) is 0 Å². The summed E-state index contributed by atoms with van der Waals surface area (Å²) < 4.78 is 5.20. The lowest BCUT2D eigenvalue weighted by atomic mass is 9.77. The minimum Gasteiger partial charge on any atom is -0.497 e. The molecule has 134 valence electrons. The molecule has 4 rings (SSSR count). The van der Waals surface area contributed by atoms with Gasteiger partial charge >= 0.3 is 0 Å². The smallest absolute Gasteiger partial charge is 0.223 e. The normalized spacial score (nSPS) is 22.4. The van der Waals surface area contributed by atoms with Crippen LogP contribution in [0.2, 0.25) is 0 Å². The van der Waals surface area contributed by atoms with Gasteiger partial charge in [0.2, 0.25) is 5.91 Å². The van der Waals surface area contributed by atoms with Crippen molar-refractivity contribution in [2.24, 2.45) is 0 Å². The maximum absolute atomic E-state index is 12.8. The molecule has 4 nitrogen and oxygen atoms in total. The molecular formula is C22H23NO3. The molecule has 1 fully saturated rings. The lowest BCUT2D eigenvalue weighted by Crippen LogP contribution is -2.41. The molecule has 2 aromatic carbocycles. The van der Waals surface area contributed by atoms with Crippen LogP contribution >= 0.6 is 0 Å². The molecule has 1 aliphatic carbocycles. The van der Waals surface area contributed by atoms with Crippen LogP contribution in [0.3, 0.4) is 0 Å². The second-order valence-electron chi connectivity index (χ2n) is 7.12. The molecule has 0 bridgehead atoms. The summed E-state index contributed by atoms with van der Waals surface area (Å²) >= 11 is 0. The molecule has 0 radical (unpaired) electrons. The minimum atomic E-state index is -0.190. The first kappa shape index (κ1) is 16.8. The van der Waals surface area contributed by atoms with Crippen LogP contribution in [0.4, 0.5) is 0 Å². The highest BCUT2D eigenvalue weighted by Gasteiger charge is 2.42. The molecule has 0 N–H and O–H groups in total. The van der Waals surface area contributed by atoms with E-state index >= 15 is 0 Å². The van der Waals surface area contributed by atoms with Crippen molar-refractivity contribution in [1.82, 2.24) is 4.90 Å². The number of fused-ring (bicyclic) bond motifs is 1. The monoisotopic (exact) mass is 349 g/mol. The van der Waals surface area contributed by atoms with Crippen molar-refractivity contribution in [1.29, 1.82) is 0 Å². The molecule has 2 unspecified atom stereocenters. The first-order valence-electron chi connectivity index (χ1n) is 9.20. The van der Waals surface area contributed by atoms with E-state index in [0.29, 0.717) is 19.4 Å². The fourth-order valence-corrected chi connectivity index (χ4v) is 4.31. The molecule has 0 spiro atoms. The molecule has 4 heteroatoms. The Balaban J connectivity index is 1.62. The van der Waals surface area contributed by atoms with Crippen LogP contribution in [-0.2, 0) is 22.6 Å². The summed E-state index contributed by atoms with van der Waals surface area (Å²) in [6.45, 7) is 0.541. The Kier molecular flexibility index (Phi) is 4.49. The molecule has 0 aromatic heterocycles. The van der Waals surface area contributed by atoms with E-state index in [0.717, 1.165) is 29.7 Å². The fourth-order valence-electron chi connectivity index (χ4n) is 4.31. The predicted octanol–water partition coefficient (Wildman–Crippen LogP) is 3.49. The lowest BCUT2D eigenvalue weighted by Gasteiger charge is -2.34. The van der Waals surface area contributed by atoms with Gasteiger partial charge in [0, 0.05) is 25.4 Å². The third-order valence-corrected chi connectivity index (χ3v) is 5.65. The van der Waals surface area contributed by atoms with Crippen LogP contribution < -0.4 is 4.74 Å². The average Bonchev–Trinajstić information content (AvgIpc) is 3.02. The summed E-state index contributed by atoms with van der Waals surface area (Å²) in [6, 6.07) is 15.9. The number of hydrogen-bond donors (Lipinski definition) is 0. The van der Waals surface area contributed by atoms with Gasteiger partial charge < -0.3 is 9.64 Å². The number of hydrogen-bond acceptors (Lipinski definition) is 3. The van der Waals surface area contributed by atoms with Crippen LogP contribution in [0.1, 0.15) is 41.9 Å².